The van der Waals surface area contributed by atoms with Gasteiger partial charge in [0.1, 0.15) is 5.01 Å². The standard InChI is InChI=1S/C21H30N4OS.HI/c1-22-20(24-16-21(12-13-26-2)10-6-7-11-21)23-14-19-25-18(15-27-19)17-8-4-3-5-9-17;/h3-5,8-9,15H,6-7,10-14,16H2,1-2H3,(H2,22,23,24);1H. The van der Waals surface area contributed by atoms with E-state index in [0.29, 0.717) is 12.0 Å². The molecule has 154 valence electrons. The van der Waals surface area contributed by atoms with Crippen LogP contribution in [0.3, 0.4) is 0 Å². The lowest BCUT2D eigenvalue weighted by atomic mass is 9.83. The molecule has 2 N–H and O–H groups in total. The summed E-state index contributed by atoms with van der Waals surface area (Å²) in [5, 5.41) is 10.1. The van der Waals surface area contributed by atoms with Gasteiger partial charge >= 0.3 is 0 Å². The van der Waals surface area contributed by atoms with E-state index in [4.69, 9.17) is 9.72 Å². The summed E-state index contributed by atoms with van der Waals surface area (Å²) in [5.74, 6) is 0.843. The summed E-state index contributed by atoms with van der Waals surface area (Å²) < 4.78 is 5.33. The van der Waals surface area contributed by atoms with Crippen LogP contribution in [0.4, 0.5) is 0 Å². The Hall–Kier alpha value is -1.19. The molecule has 1 aromatic carbocycles. The number of guanidine groups is 1. The predicted molar refractivity (Wildman–Crippen MR) is 129 cm³/mol. The number of rotatable bonds is 8. The summed E-state index contributed by atoms with van der Waals surface area (Å²) in [7, 11) is 3.61. The number of ether oxygens (including phenoxy) is 1. The third-order valence-electron chi connectivity index (χ3n) is 5.38. The summed E-state index contributed by atoms with van der Waals surface area (Å²) in [5.41, 5.74) is 2.53. The maximum absolute atomic E-state index is 5.33. The Morgan fingerprint density at radius 2 is 1.96 bits per heavy atom. The lowest BCUT2D eigenvalue weighted by Gasteiger charge is -2.29. The molecule has 28 heavy (non-hydrogen) atoms. The quantitative estimate of drug-likeness (QED) is 0.305. The van der Waals surface area contributed by atoms with E-state index in [1.165, 1.54) is 25.7 Å². The molecule has 1 aliphatic rings. The van der Waals surface area contributed by atoms with Crippen molar-refractivity contribution in [2.45, 2.75) is 38.6 Å². The molecule has 3 rings (SSSR count). The van der Waals surface area contributed by atoms with Crippen molar-refractivity contribution >= 4 is 41.3 Å². The van der Waals surface area contributed by atoms with E-state index in [0.717, 1.165) is 41.8 Å². The van der Waals surface area contributed by atoms with E-state index in [-0.39, 0.29) is 24.0 Å². The van der Waals surface area contributed by atoms with Gasteiger partial charge in [-0.25, -0.2) is 4.98 Å². The number of nitrogens with one attached hydrogen (secondary N) is 2. The SMILES string of the molecule is CN=C(NCc1nc(-c2ccccc2)cs1)NCC1(CCOC)CCCC1.I. The zero-order valence-corrected chi connectivity index (χ0v) is 19.9. The number of benzene rings is 1. The molecular weight excluding hydrogens is 483 g/mol. The Labute approximate surface area is 189 Å². The highest BCUT2D eigenvalue weighted by atomic mass is 127. The third-order valence-corrected chi connectivity index (χ3v) is 6.23. The molecule has 0 aliphatic heterocycles. The minimum Gasteiger partial charge on any atom is -0.385 e. The largest absolute Gasteiger partial charge is 0.385 e. The number of nitrogens with zero attached hydrogens (tertiary/aromatic N) is 2. The fourth-order valence-electron chi connectivity index (χ4n) is 3.74. The highest BCUT2D eigenvalue weighted by Crippen LogP contribution is 2.40. The molecule has 0 saturated heterocycles. The molecule has 1 heterocycles. The minimum absolute atomic E-state index is 0. The Morgan fingerprint density at radius 3 is 2.64 bits per heavy atom. The van der Waals surface area contributed by atoms with Gasteiger partial charge in [0, 0.05) is 38.3 Å². The van der Waals surface area contributed by atoms with Crippen LogP contribution in [-0.2, 0) is 11.3 Å². The number of hydrogen-bond acceptors (Lipinski definition) is 4. The Balaban J connectivity index is 0.00000280. The molecule has 0 spiro atoms. The van der Waals surface area contributed by atoms with Gasteiger partial charge in [-0.2, -0.15) is 0 Å². The smallest absolute Gasteiger partial charge is 0.191 e. The highest BCUT2D eigenvalue weighted by Gasteiger charge is 2.33. The van der Waals surface area contributed by atoms with Gasteiger partial charge in [-0.1, -0.05) is 43.2 Å². The van der Waals surface area contributed by atoms with Crippen LogP contribution in [0.25, 0.3) is 11.3 Å². The summed E-state index contributed by atoms with van der Waals surface area (Å²) in [4.78, 5) is 9.12. The van der Waals surface area contributed by atoms with Crippen molar-refractivity contribution in [2.75, 3.05) is 27.3 Å². The second-order valence-corrected chi connectivity index (χ2v) is 8.16. The van der Waals surface area contributed by atoms with E-state index < -0.39 is 0 Å². The molecule has 7 heteroatoms. The molecule has 0 bridgehead atoms. The zero-order chi connectivity index (χ0) is 19.0. The van der Waals surface area contributed by atoms with Crippen molar-refractivity contribution in [3.05, 3.63) is 40.7 Å². The first-order valence-electron chi connectivity index (χ1n) is 9.68. The summed E-state index contributed by atoms with van der Waals surface area (Å²) >= 11 is 1.68. The Bertz CT molecular complexity index is 729. The van der Waals surface area contributed by atoms with Gasteiger partial charge in [0.15, 0.2) is 5.96 Å². The van der Waals surface area contributed by atoms with Crippen molar-refractivity contribution in [1.29, 1.82) is 0 Å². The predicted octanol–water partition coefficient (Wildman–Crippen LogP) is 4.69. The third kappa shape index (κ3) is 6.42. The van der Waals surface area contributed by atoms with Gasteiger partial charge < -0.3 is 15.4 Å². The van der Waals surface area contributed by atoms with Crippen molar-refractivity contribution < 1.29 is 4.74 Å². The van der Waals surface area contributed by atoms with Gasteiger partial charge in [-0.15, -0.1) is 35.3 Å². The topological polar surface area (TPSA) is 58.5 Å². The summed E-state index contributed by atoms with van der Waals surface area (Å²) in [6.45, 7) is 2.46. The van der Waals surface area contributed by atoms with Crippen LogP contribution in [0.2, 0.25) is 0 Å². The van der Waals surface area contributed by atoms with Gasteiger partial charge in [0.25, 0.3) is 0 Å². The number of aromatic nitrogens is 1. The molecule has 0 amide bonds. The molecule has 0 atom stereocenters. The van der Waals surface area contributed by atoms with Crippen LogP contribution in [0, 0.1) is 5.41 Å². The van der Waals surface area contributed by atoms with E-state index >= 15 is 0 Å². The minimum atomic E-state index is 0. The van der Waals surface area contributed by atoms with Crippen LogP contribution < -0.4 is 10.6 Å². The molecular formula is C21H31IN4OS. The normalized spacial score (nSPS) is 15.9. The monoisotopic (exact) mass is 514 g/mol. The molecule has 0 radical (unpaired) electrons. The number of halogens is 1. The van der Waals surface area contributed by atoms with Crippen LogP contribution >= 0.6 is 35.3 Å². The Morgan fingerprint density at radius 1 is 1.21 bits per heavy atom. The van der Waals surface area contributed by atoms with Crippen molar-refractivity contribution in [1.82, 2.24) is 15.6 Å². The van der Waals surface area contributed by atoms with Crippen LogP contribution in [0.1, 0.15) is 37.1 Å². The van der Waals surface area contributed by atoms with Crippen molar-refractivity contribution in [3.63, 3.8) is 0 Å². The van der Waals surface area contributed by atoms with E-state index in [1.807, 2.05) is 25.2 Å². The second-order valence-electron chi connectivity index (χ2n) is 7.22. The molecule has 1 fully saturated rings. The Kier molecular flexibility index (Phi) is 9.67. The fraction of sp³-hybridized carbons (Fsp3) is 0.524. The average Bonchev–Trinajstić information content (AvgIpc) is 3.37. The van der Waals surface area contributed by atoms with Crippen molar-refractivity contribution in [3.8, 4) is 11.3 Å². The number of methoxy groups -OCH3 is 1. The molecule has 0 unspecified atom stereocenters. The number of hydrogen-bond donors (Lipinski definition) is 2. The summed E-state index contributed by atoms with van der Waals surface area (Å²) in [6.07, 6.45) is 6.29. The maximum atomic E-state index is 5.33. The molecule has 1 aromatic heterocycles. The first kappa shape index (κ1) is 23.1. The second kappa shape index (κ2) is 11.7. The fourth-order valence-corrected chi connectivity index (χ4v) is 4.49. The van der Waals surface area contributed by atoms with Crippen LogP contribution in [0.5, 0.6) is 0 Å². The maximum Gasteiger partial charge on any atom is 0.191 e. The molecule has 1 aliphatic carbocycles. The first-order chi connectivity index (χ1) is 13.2. The van der Waals surface area contributed by atoms with E-state index in [9.17, 15) is 0 Å². The van der Waals surface area contributed by atoms with Gasteiger partial charge in [0.05, 0.1) is 12.2 Å². The lowest BCUT2D eigenvalue weighted by Crippen LogP contribution is -2.43. The molecule has 1 saturated carbocycles. The van der Waals surface area contributed by atoms with E-state index in [2.05, 4.69) is 33.1 Å². The van der Waals surface area contributed by atoms with Gasteiger partial charge in [0.2, 0.25) is 0 Å². The van der Waals surface area contributed by atoms with E-state index in [1.54, 1.807) is 18.4 Å². The van der Waals surface area contributed by atoms with Gasteiger partial charge in [-0.3, -0.25) is 4.99 Å². The van der Waals surface area contributed by atoms with Crippen molar-refractivity contribution in [2.24, 2.45) is 10.4 Å². The first-order valence-corrected chi connectivity index (χ1v) is 10.6. The average molecular weight is 514 g/mol. The van der Waals surface area contributed by atoms with Gasteiger partial charge in [-0.05, 0) is 24.7 Å². The highest BCUT2D eigenvalue weighted by molar-refractivity contribution is 14.0. The molecule has 2 aromatic rings. The number of thiazole rings is 1. The summed E-state index contributed by atoms with van der Waals surface area (Å²) in [6, 6.07) is 10.3. The lowest BCUT2D eigenvalue weighted by molar-refractivity contribution is 0.138. The zero-order valence-electron chi connectivity index (χ0n) is 16.7. The van der Waals surface area contributed by atoms with Crippen LogP contribution in [0.15, 0.2) is 40.7 Å². The van der Waals surface area contributed by atoms with Crippen LogP contribution in [-0.4, -0.2) is 38.3 Å². The molecule has 5 nitrogen and oxygen atoms in total. The number of aliphatic imine (C=N–C) groups is 1.